The quantitative estimate of drug-likeness (QED) is 0.680. The summed E-state index contributed by atoms with van der Waals surface area (Å²) in [5.41, 5.74) is 4.08. The molecule has 1 amide bonds. The summed E-state index contributed by atoms with van der Waals surface area (Å²) in [6.45, 7) is 8.08. The van der Waals surface area contributed by atoms with Gasteiger partial charge in [0.2, 0.25) is 5.91 Å². The molecule has 0 aliphatic heterocycles. The fourth-order valence-electron chi connectivity index (χ4n) is 4.34. The number of aromatic nitrogens is 4. The Hall–Kier alpha value is -2.96. The molecule has 1 aliphatic carbocycles. The van der Waals surface area contributed by atoms with Gasteiger partial charge in [0.1, 0.15) is 12.1 Å². The Morgan fingerprint density at radius 1 is 1.16 bits per heavy atom. The van der Waals surface area contributed by atoms with Crippen molar-refractivity contribution in [1.82, 2.24) is 24.9 Å². The Bertz CT molecular complexity index is 1170. The molecule has 7 heteroatoms. The largest absolute Gasteiger partial charge is 0.352 e. The Labute approximate surface area is 182 Å². The monoisotopic (exact) mass is 421 g/mol. The lowest BCUT2D eigenvalue weighted by atomic mass is 9.95. The number of hydrogen-bond donors (Lipinski definition) is 1. The molecule has 1 aliphatic rings. The Morgan fingerprint density at radius 2 is 1.90 bits per heavy atom. The third-order valence-electron chi connectivity index (χ3n) is 6.26. The predicted octanol–water partition coefficient (Wildman–Crippen LogP) is 3.77. The van der Waals surface area contributed by atoms with Crippen molar-refractivity contribution in [3.8, 4) is 5.69 Å². The van der Waals surface area contributed by atoms with Gasteiger partial charge in [0, 0.05) is 11.4 Å². The number of hydrogen-bond acceptors (Lipinski definition) is 4. The summed E-state index contributed by atoms with van der Waals surface area (Å²) in [7, 11) is 0. The molecular formula is C24H31N5O2. The van der Waals surface area contributed by atoms with E-state index in [4.69, 9.17) is 0 Å². The molecule has 0 radical (unpaired) electrons. The van der Waals surface area contributed by atoms with E-state index in [1.54, 1.807) is 10.9 Å². The number of rotatable bonds is 5. The van der Waals surface area contributed by atoms with Gasteiger partial charge in [-0.25, -0.2) is 9.36 Å². The third-order valence-corrected chi connectivity index (χ3v) is 6.26. The van der Waals surface area contributed by atoms with Crippen molar-refractivity contribution in [2.24, 2.45) is 0 Å². The molecule has 0 unspecified atom stereocenters. The molecule has 4 rings (SSSR count). The SMILES string of the molecule is Cc1ccc(-n2ncc3c(C(C)C)nn(CC(=O)NC4CCCCC4)c(=O)c32)cc1C. The lowest BCUT2D eigenvalue weighted by molar-refractivity contribution is -0.122. The van der Waals surface area contributed by atoms with Crippen molar-refractivity contribution in [3.63, 3.8) is 0 Å². The second kappa shape index (κ2) is 8.65. The van der Waals surface area contributed by atoms with E-state index < -0.39 is 0 Å². The Morgan fingerprint density at radius 3 is 2.58 bits per heavy atom. The molecule has 3 aromatic rings. The maximum Gasteiger partial charge on any atom is 0.293 e. The summed E-state index contributed by atoms with van der Waals surface area (Å²) in [6.07, 6.45) is 7.22. The average Bonchev–Trinajstić information content (AvgIpc) is 3.18. The summed E-state index contributed by atoms with van der Waals surface area (Å²) >= 11 is 0. The predicted molar refractivity (Wildman–Crippen MR) is 122 cm³/mol. The van der Waals surface area contributed by atoms with Crippen molar-refractivity contribution in [2.45, 2.75) is 78.3 Å². The molecule has 2 aromatic heterocycles. The van der Waals surface area contributed by atoms with Crippen molar-refractivity contribution in [2.75, 3.05) is 0 Å². The van der Waals surface area contributed by atoms with Gasteiger partial charge < -0.3 is 5.32 Å². The Kier molecular flexibility index (Phi) is 5.94. The maximum atomic E-state index is 13.4. The molecule has 1 N–H and O–H groups in total. The highest BCUT2D eigenvalue weighted by Crippen LogP contribution is 2.24. The van der Waals surface area contributed by atoms with E-state index in [0.717, 1.165) is 48.0 Å². The molecular weight excluding hydrogens is 390 g/mol. The summed E-state index contributed by atoms with van der Waals surface area (Å²) in [5, 5.41) is 12.9. The van der Waals surface area contributed by atoms with Gasteiger partial charge in [0.15, 0.2) is 0 Å². The zero-order valence-electron chi connectivity index (χ0n) is 18.8. The van der Waals surface area contributed by atoms with Crippen LogP contribution >= 0.6 is 0 Å². The lowest BCUT2D eigenvalue weighted by Gasteiger charge is -2.22. The first-order valence-corrected chi connectivity index (χ1v) is 11.2. The molecule has 0 spiro atoms. The minimum Gasteiger partial charge on any atom is -0.352 e. The molecule has 1 saturated carbocycles. The topological polar surface area (TPSA) is 81.8 Å². The zero-order chi connectivity index (χ0) is 22.1. The molecule has 164 valence electrons. The van der Waals surface area contributed by atoms with E-state index in [9.17, 15) is 9.59 Å². The minimum absolute atomic E-state index is 0.0803. The molecule has 1 aromatic carbocycles. The number of fused-ring (bicyclic) bond motifs is 1. The highest BCUT2D eigenvalue weighted by Gasteiger charge is 2.21. The fourth-order valence-corrected chi connectivity index (χ4v) is 4.34. The molecule has 2 heterocycles. The van der Waals surface area contributed by atoms with Gasteiger partial charge in [0.25, 0.3) is 5.56 Å². The Balaban J connectivity index is 1.75. The fraction of sp³-hybridized carbons (Fsp3) is 0.500. The van der Waals surface area contributed by atoms with E-state index in [0.29, 0.717) is 5.52 Å². The number of nitrogens with one attached hydrogen (secondary N) is 1. The summed E-state index contributed by atoms with van der Waals surface area (Å²) in [6, 6.07) is 6.21. The van der Waals surface area contributed by atoms with Gasteiger partial charge in [0.05, 0.1) is 17.6 Å². The number of carbonyl (C=O) groups is 1. The van der Waals surface area contributed by atoms with Gasteiger partial charge in [-0.3, -0.25) is 9.59 Å². The second-order valence-electron chi connectivity index (χ2n) is 8.99. The average molecular weight is 422 g/mol. The molecule has 0 saturated heterocycles. The first-order chi connectivity index (χ1) is 14.8. The number of amides is 1. The van der Waals surface area contributed by atoms with Crippen LogP contribution in [0.15, 0.2) is 29.2 Å². The normalized spacial score (nSPS) is 15.0. The van der Waals surface area contributed by atoms with E-state index in [1.165, 1.54) is 16.7 Å². The van der Waals surface area contributed by atoms with Gasteiger partial charge in [-0.2, -0.15) is 10.2 Å². The van der Waals surface area contributed by atoms with E-state index in [1.807, 2.05) is 39.0 Å². The number of aryl methyl sites for hydroxylation is 2. The van der Waals surface area contributed by atoms with Crippen LogP contribution in [0.2, 0.25) is 0 Å². The van der Waals surface area contributed by atoms with Crippen LogP contribution in [0.5, 0.6) is 0 Å². The van der Waals surface area contributed by atoms with Crippen molar-refractivity contribution in [1.29, 1.82) is 0 Å². The van der Waals surface area contributed by atoms with Crippen LogP contribution < -0.4 is 10.9 Å². The second-order valence-corrected chi connectivity index (χ2v) is 8.99. The molecule has 31 heavy (non-hydrogen) atoms. The van der Waals surface area contributed by atoms with Gasteiger partial charge in [-0.1, -0.05) is 39.2 Å². The third kappa shape index (κ3) is 4.27. The van der Waals surface area contributed by atoms with Crippen LogP contribution in [0.3, 0.4) is 0 Å². The first kappa shape index (κ1) is 21.3. The first-order valence-electron chi connectivity index (χ1n) is 11.2. The standard InChI is InChI=1S/C24H31N5O2/c1-15(2)22-20-13-25-29(19-11-10-16(3)17(4)12-19)23(20)24(31)28(27-22)14-21(30)26-18-8-6-5-7-9-18/h10-13,15,18H,5-9,14H2,1-4H3,(H,26,30). The molecule has 7 nitrogen and oxygen atoms in total. The summed E-state index contributed by atoms with van der Waals surface area (Å²) in [4.78, 5) is 26.1. The zero-order valence-corrected chi connectivity index (χ0v) is 18.8. The molecule has 1 fully saturated rings. The van der Waals surface area contributed by atoms with Gasteiger partial charge in [-0.15, -0.1) is 0 Å². The highest BCUT2D eigenvalue weighted by molar-refractivity contribution is 5.82. The van der Waals surface area contributed by atoms with Gasteiger partial charge >= 0.3 is 0 Å². The van der Waals surface area contributed by atoms with Crippen LogP contribution in [0.1, 0.15) is 68.7 Å². The van der Waals surface area contributed by atoms with Crippen LogP contribution in [0.25, 0.3) is 16.6 Å². The summed E-state index contributed by atoms with van der Waals surface area (Å²) < 4.78 is 2.97. The lowest BCUT2D eigenvalue weighted by Crippen LogP contribution is -2.40. The number of carbonyl (C=O) groups excluding carboxylic acids is 1. The highest BCUT2D eigenvalue weighted by atomic mass is 16.2. The summed E-state index contributed by atoms with van der Waals surface area (Å²) in [5.74, 6) is -0.0686. The van der Waals surface area contributed by atoms with Crippen molar-refractivity contribution < 1.29 is 4.79 Å². The number of benzene rings is 1. The van der Waals surface area contributed by atoms with Crippen molar-refractivity contribution in [3.05, 3.63) is 51.6 Å². The van der Waals surface area contributed by atoms with E-state index in [2.05, 4.69) is 22.4 Å². The van der Waals surface area contributed by atoms with Crippen LogP contribution in [-0.4, -0.2) is 31.5 Å². The maximum absolute atomic E-state index is 13.4. The van der Waals surface area contributed by atoms with Gasteiger partial charge in [-0.05, 0) is 55.9 Å². The molecule has 0 atom stereocenters. The minimum atomic E-state index is -0.297. The van der Waals surface area contributed by atoms with E-state index >= 15 is 0 Å². The smallest absolute Gasteiger partial charge is 0.293 e. The van der Waals surface area contributed by atoms with Crippen LogP contribution in [-0.2, 0) is 11.3 Å². The molecule has 0 bridgehead atoms. The van der Waals surface area contributed by atoms with Crippen molar-refractivity contribution >= 4 is 16.8 Å². The van der Waals surface area contributed by atoms with Crippen LogP contribution in [0.4, 0.5) is 0 Å². The number of nitrogens with zero attached hydrogens (tertiary/aromatic N) is 4. The van der Waals surface area contributed by atoms with E-state index in [-0.39, 0.29) is 30.0 Å². The van der Waals surface area contributed by atoms with Crippen LogP contribution in [0, 0.1) is 13.8 Å².